The number of carbonyl (C=O) groups excluding carboxylic acids is 3. The highest BCUT2D eigenvalue weighted by molar-refractivity contribution is 5.85. The summed E-state index contributed by atoms with van der Waals surface area (Å²) < 4.78 is 5.19. The minimum atomic E-state index is -0.683. The van der Waals surface area contributed by atoms with Gasteiger partial charge in [-0.1, -0.05) is 25.7 Å². The molecule has 2 amide bonds. The molecule has 2 atom stereocenters. The average Bonchev–Trinajstić information content (AvgIpc) is 2.80. The number of esters is 1. The SMILES string of the molecule is C#C[C@H](CC(=O)OCCCCC)NC(=O)[C@@H]1CCCN(C(=O)CCC2CCNCC2)C1.Cl. The van der Waals surface area contributed by atoms with Crippen LogP contribution < -0.4 is 10.6 Å². The van der Waals surface area contributed by atoms with E-state index in [-0.39, 0.29) is 36.6 Å². The van der Waals surface area contributed by atoms with Crippen LogP contribution >= 0.6 is 12.4 Å². The Hall–Kier alpha value is -1.78. The fourth-order valence-corrected chi connectivity index (χ4v) is 4.28. The van der Waals surface area contributed by atoms with E-state index in [0.717, 1.165) is 64.5 Å². The molecular formula is C24H40ClN3O4. The van der Waals surface area contributed by atoms with Crippen molar-refractivity contribution in [2.75, 3.05) is 32.8 Å². The van der Waals surface area contributed by atoms with Crippen molar-refractivity contribution in [2.24, 2.45) is 11.8 Å². The van der Waals surface area contributed by atoms with Gasteiger partial charge in [-0.15, -0.1) is 18.8 Å². The maximum absolute atomic E-state index is 12.7. The zero-order chi connectivity index (χ0) is 22.5. The average molecular weight is 470 g/mol. The summed E-state index contributed by atoms with van der Waals surface area (Å²) >= 11 is 0. The number of unbranched alkanes of at least 4 members (excludes halogenated alkanes) is 2. The fraction of sp³-hybridized carbons (Fsp3) is 0.792. The standard InChI is InChI=1S/C24H39N3O4.ClH/c1-3-5-6-16-31-23(29)17-21(4-2)26-24(30)20-8-7-15-27(18-20)22(28)10-9-19-11-13-25-14-12-19;/h2,19-21,25H,3,5-18H2,1H3,(H,26,30);1H/t20-,21-;/m1./s1. The number of hydrogen-bond acceptors (Lipinski definition) is 5. The van der Waals surface area contributed by atoms with Gasteiger partial charge in [-0.3, -0.25) is 14.4 Å². The number of rotatable bonds is 11. The van der Waals surface area contributed by atoms with E-state index in [1.54, 1.807) is 0 Å². The summed E-state index contributed by atoms with van der Waals surface area (Å²) in [6.45, 7) is 5.67. The molecule has 0 spiro atoms. The quantitative estimate of drug-likeness (QED) is 0.276. The molecule has 2 rings (SSSR count). The molecule has 7 nitrogen and oxygen atoms in total. The summed E-state index contributed by atoms with van der Waals surface area (Å²) in [7, 11) is 0. The van der Waals surface area contributed by atoms with Crippen LogP contribution in [0.1, 0.15) is 71.1 Å². The normalized spacial score (nSPS) is 19.9. The number of hydrogen-bond donors (Lipinski definition) is 2. The van der Waals surface area contributed by atoms with E-state index in [4.69, 9.17) is 11.2 Å². The van der Waals surface area contributed by atoms with E-state index < -0.39 is 12.0 Å². The summed E-state index contributed by atoms with van der Waals surface area (Å²) in [6, 6.07) is -0.683. The molecular weight excluding hydrogens is 430 g/mol. The third kappa shape index (κ3) is 10.2. The number of piperidine rings is 2. The van der Waals surface area contributed by atoms with E-state index in [0.29, 0.717) is 32.0 Å². The highest BCUT2D eigenvalue weighted by Gasteiger charge is 2.30. The number of nitrogens with zero attached hydrogens (tertiary/aromatic N) is 1. The van der Waals surface area contributed by atoms with Crippen LogP contribution in [0.5, 0.6) is 0 Å². The topological polar surface area (TPSA) is 87.7 Å². The van der Waals surface area contributed by atoms with Gasteiger partial charge in [0.25, 0.3) is 0 Å². The second kappa shape index (κ2) is 15.9. The van der Waals surface area contributed by atoms with Crippen LogP contribution in [-0.4, -0.2) is 61.5 Å². The minimum Gasteiger partial charge on any atom is -0.466 e. The van der Waals surface area contributed by atoms with Gasteiger partial charge in [0.05, 0.1) is 18.9 Å². The molecule has 182 valence electrons. The van der Waals surface area contributed by atoms with Crippen LogP contribution in [0.3, 0.4) is 0 Å². The lowest BCUT2D eigenvalue weighted by molar-refractivity contribution is -0.144. The highest BCUT2D eigenvalue weighted by Crippen LogP contribution is 2.21. The smallest absolute Gasteiger partial charge is 0.308 e. The molecule has 0 bridgehead atoms. The van der Waals surface area contributed by atoms with Crippen LogP contribution in [0, 0.1) is 24.2 Å². The molecule has 0 aliphatic carbocycles. The Morgan fingerprint density at radius 3 is 2.66 bits per heavy atom. The maximum Gasteiger partial charge on any atom is 0.308 e. The van der Waals surface area contributed by atoms with Gasteiger partial charge in [0.2, 0.25) is 11.8 Å². The molecule has 2 heterocycles. The van der Waals surface area contributed by atoms with Gasteiger partial charge in [0, 0.05) is 19.5 Å². The molecule has 0 aromatic rings. The lowest BCUT2D eigenvalue weighted by Crippen LogP contribution is -2.47. The molecule has 2 aliphatic heterocycles. The number of likely N-dealkylation sites (tertiary alicyclic amines) is 1. The van der Waals surface area contributed by atoms with Crippen LogP contribution in [-0.2, 0) is 19.1 Å². The Morgan fingerprint density at radius 2 is 1.97 bits per heavy atom. The molecule has 2 aliphatic rings. The van der Waals surface area contributed by atoms with E-state index in [9.17, 15) is 14.4 Å². The summed E-state index contributed by atoms with van der Waals surface area (Å²) in [5.74, 6) is 2.38. The van der Waals surface area contributed by atoms with Crippen LogP contribution in [0.25, 0.3) is 0 Å². The summed E-state index contributed by atoms with van der Waals surface area (Å²) in [5.41, 5.74) is 0. The van der Waals surface area contributed by atoms with Crippen molar-refractivity contribution in [2.45, 2.75) is 77.2 Å². The van der Waals surface area contributed by atoms with Gasteiger partial charge in [0.1, 0.15) is 6.04 Å². The monoisotopic (exact) mass is 469 g/mol. The molecule has 2 fully saturated rings. The minimum absolute atomic E-state index is 0. The molecule has 32 heavy (non-hydrogen) atoms. The van der Waals surface area contributed by atoms with Gasteiger partial charge in [-0.25, -0.2) is 0 Å². The number of ether oxygens (including phenoxy) is 1. The number of halogens is 1. The lowest BCUT2D eigenvalue weighted by atomic mass is 9.92. The third-order valence-corrected chi connectivity index (χ3v) is 6.27. The molecule has 2 N–H and O–H groups in total. The highest BCUT2D eigenvalue weighted by atomic mass is 35.5. The van der Waals surface area contributed by atoms with Gasteiger partial charge >= 0.3 is 5.97 Å². The van der Waals surface area contributed by atoms with E-state index >= 15 is 0 Å². The number of carbonyl (C=O) groups is 3. The van der Waals surface area contributed by atoms with Crippen molar-refractivity contribution in [3.8, 4) is 12.3 Å². The number of amides is 2. The summed E-state index contributed by atoms with van der Waals surface area (Å²) in [5, 5.41) is 6.14. The second-order valence-electron chi connectivity index (χ2n) is 8.77. The first-order chi connectivity index (χ1) is 15.0. The van der Waals surface area contributed by atoms with Crippen LogP contribution in [0.4, 0.5) is 0 Å². The first-order valence-electron chi connectivity index (χ1n) is 11.9. The lowest BCUT2D eigenvalue weighted by Gasteiger charge is -2.33. The molecule has 0 aromatic carbocycles. The molecule has 0 aromatic heterocycles. The first-order valence-corrected chi connectivity index (χ1v) is 11.9. The zero-order valence-electron chi connectivity index (χ0n) is 19.4. The Morgan fingerprint density at radius 1 is 1.22 bits per heavy atom. The van der Waals surface area contributed by atoms with Gasteiger partial charge in [-0.05, 0) is 57.5 Å². The van der Waals surface area contributed by atoms with Crippen molar-refractivity contribution in [1.29, 1.82) is 0 Å². The predicted molar refractivity (Wildman–Crippen MR) is 127 cm³/mol. The molecule has 0 saturated carbocycles. The van der Waals surface area contributed by atoms with Crippen molar-refractivity contribution >= 4 is 30.2 Å². The van der Waals surface area contributed by atoms with Gasteiger partial charge < -0.3 is 20.3 Å². The largest absolute Gasteiger partial charge is 0.466 e. The first kappa shape index (κ1) is 28.3. The molecule has 0 unspecified atom stereocenters. The van der Waals surface area contributed by atoms with Crippen molar-refractivity contribution in [3.05, 3.63) is 0 Å². The van der Waals surface area contributed by atoms with Gasteiger partial charge in [0.15, 0.2) is 0 Å². The van der Waals surface area contributed by atoms with Crippen LogP contribution in [0.2, 0.25) is 0 Å². The molecule has 8 heteroatoms. The molecule has 0 radical (unpaired) electrons. The fourth-order valence-electron chi connectivity index (χ4n) is 4.28. The Labute approximate surface area is 199 Å². The Kier molecular flexibility index (Phi) is 14.1. The van der Waals surface area contributed by atoms with Crippen molar-refractivity contribution < 1.29 is 19.1 Å². The Balaban J connectivity index is 0.00000512. The van der Waals surface area contributed by atoms with Crippen LogP contribution in [0.15, 0.2) is 0 Å². The second-order valence-corrected chi connectivity index (χ2v) is 8.77. The number of nitrogens with one attached hydrogen (secondary N) is 2. The molecule has 2 saturated heterocycles. The number of terminal acetylenes is 1. The zero-order valence-corrected chi connectivity index (χ0v) is 20.2. The van der Waals surface area contributed by atoms with E-state index in [1.165, 1.54) is 0 Å². The van der Waals surface area contributed by atoms with Gasteiger partial charge in [-0.2, -0.15) is 0 Å². The Bertz CT molecular complexity index is 631. The summed E-state index contributed by atoms with van der Waals surface area (Å²) in [6.07, 6.45) is 13.7. The van der Waals surface area contributed by atoms with E-state index in [2.05, 4.69) is 23.5 Å². The van der Waals surface area contributed by atoms with Crippen molar-refractivity contribution in [1.82, 2.24) is 15.5 Å². The third-order valence-electron chi connectivity index (χ3n) is 6.27. The predicted octanol–water partition coefficient (Wildman–Crippen LogP) is 2.67. The van der Waals surface area contributed by atoms with E-state index in [1.807, 2.05) is 4.90 Å². The maximum atomic E-state index is 12.7. The van der Waals surface area contributed by atoms with Crippen molar-refractivity contribution in [3.63, 3.8) is 0 Å². The summed E-state index contributed by atoms with van der Waals surface area (Å²) in [4.78, 5) is 39.2.